The lowest BCUT2D eigenvalue weighted by atomic mass is 10.1. The first kappa shape index (κ1) is 17.2. The Hall–Kier alpha value is -2.67. The van der Waals surface area contributed by atoms with Crippen molar-refractivity contribution in [3.63, 3.8) is 0 Å². The van der Waals surface area contributed by atoms with Gasteiger partial charge >= 0.3 is 5.69 Å². The molecule has 1 aromatic heterocycles. The molecule has 2 aromatic carbocycles. The average molecular weight is 402 g/mol. The summed E-state index contributed by atoms with van der Waals surface area (Å²) in [5, 5.41) is 3.12. The molecule has 0 saturated heterocycles. The normalized spacial score (nSPS) is 12.1. The van der Waals surface area contributed by atoms with E-state index in [1.807, 2.05) is 6.07 Å². The second kappa shape index (κ2) is 7.06. The molecule has 1 atom stereocenters. The number of aromatic nitrogens is 2. The molecule has 25 heavy (non-hydrogen) atoms. The van der Waals surface area contributed by atoms with Crippen LogP contribution in [0.3, 0.4) is 0 Å². The number of rotatable bonds is 4. The number of para-hydroxylation sites is 1. The van der Waals surface area contributed by atoms with Gasteiger partial charge in [0.05, 0.1) is 10.9 Å². The van der Waals surface area contributed by atoms with Crippen molar-refractivity contribution < 1.29 is 4.79 Å². The number of carbonyl (C=O) groups excluding carboxylic acids is 1. The first-order valence-electron chi connectivity index (χ1n) is 7.81. The first-order chi connectivity index (χ1) is 12.0. The molecule has 0 unspecified atom stereocenters. The van der Waals surface area contributed by atoms with Crippen molar-refractivity contribution >= 4 is 38.4 Å². The van der Waals surface area contributed by atoms with Crippen molar-refractivity contribution in [2.45, 2.75) is 19.4 Å². The van der Waals surface area contributed by atoms with Gasteiger partial charge in [-0.25, -0.2) is 9.36 Å². The Morgan fingerprint density at radius 2 is 1.96 bits per heavy atom. The monoisotopic (exact) mass is 401 g/mol. The highest BCUT2D eigenvalue weighted by Gasteiger charge is 2.23. The first-order valence-corrected chi connectivity index (χ1v) is 8.60. The van der Waals surface area contributed by atoms with Gasteiger partial charge in [0.15, 0.2) is 0 Å². The topological polar surface area (TPSA) is 84.0 Å². The summed E-state index contributed by atoms with van der Waals surface area (Å²) in [5.41, 5.74) is -0.0328. The van der Waals surface area contributed by atoms with E-state index in [9.17, 15) is 14.4 Å². The van der Waals surface area contributed by atoms with E-state index < -0.39 is 23.2 Å². The van der Waals surface area contributed by atoms with Crippen LogP contribution >= 0.6 is 15.9 Å². The number of hydrogen-bond donors (Lipinski definition) is 2. The number of H-pyrrole nitrogens is 1. The van der Waals surface area contributed by atoms with Crippen molar-refractivity contribution in [3.8, 4) is 0 Å². The van der Waals surface area contributed by atoms with Gasteiger partial charge in [-0.1, -0.05) is 41.1 Å². The van der Waals surface area contributed by atoms with E-state index in [4.69, 9.17) is 0 Å². The molecule has 1 amide bonds. The van der Waals surface area contributed by atoms with Crippen LogP contribution in [-0.4, -0.2) is 15.5 Å². The molecular formula is C18H16BrN3O3. The van der Waals surface area contributed by atoms with Gasteiger partial charge in [0.25, 0.3) is 5.56 Å². The molecule has 0 fully saturated rings. The molecule has 3 aromatic rings. The summed E-state index contributed by atoms with van der Waals surface area (Å²) in [6, 6.07) is 12.9. The van der Waals surface area contributed by atoms with Crippen LogP contribution in [0.5, 0.6) is 0 Å². The van der Waals surface area contributed by atoms with E-state index in [0.717, 1.165) is 9.04 Å². The van der Waals surface area contributed by atoms with Gasteiger partial charge in [0, 0.05) is 10.2 Å². The summed E-state index contributed by atoms with van der Waals surface area (Å²) in [4.78, 5) is 40.4. The van der Waals surface area contributed by atoms with E-state index >= 15 is 0 Å². The van der Waals surface area contributed by atoms with Crippen LogP contribution in [0.2, 0.25) is 0 Å². The van der Waals surface area contributed by atoms with E-state index in [0.29, 0.717) is 23.0 Å². The van der Waals surface area contributed by atoms with Crippen LogP contribution in [0, 0.1) is 0 Å². The lowest BCUT2D eigenvalue weighted by molar-refractivity contribution is -0.119. The number of nitrogens with zero attached hydrogens (tertiary/aromatic N) is 1. The molecule has 128 valence electrons. The minimum atomic E-state index is -0.903. The minimum Gasteiger partial charge on any atom is -0.324 e. The summed E-state index contributed by atoms with van der Waals surface area (Å²) in [5.74, 6) is -0.413. The SMILES string of the molecule is CC[C@H](C(=O)Nc1cccc(Br)c1)n1c(=O)[nH]c2ccccc2c1=O. The third-order valence-corrected chi connectivity index (χ3v) is 4.42. The standard InChI is InChI=1S/C18H16BrN3O3/c1-2-15(16(23)20-12-7-5-6-11(19)10-12)22-17(24)13-8-3-4-9-14(13)21-18(22)25/h3-10,15H,2H2,1H3,(H,20,23)(H,21,25)/t15-/m1/s1. The van der Waals surface area contributed by atoms with Crippen LogP contribution in [-0.2, 0) is 4.79 Å². The summed E-state index contributed by atoms with van der Waals surface area (Å²) < 4.78 is 1.80. The van der Waals surface area contributed by atoms with Gasteiger partial charge in [-0.2, -0.15) is 0 Å². The Kier molecular flexibility index (Phi) is 4.85. The quantitative estimate of drug-likeness (QED) is 0.704. The van der Waals surface area contributed by atoms with E-state index in [1.165, 1.54) is 0 Å². The zero-order valence-electron chi connectivity index (χ0n) is 13.5. The maximum absolute atomic E-state index is 12.7. The highest BCUT2D eigenvalue weighted by atomic mass is 79.9. The maximum Gasteiger partial charge on any atom is 0.329 e. The fourth-order valence-electron chi connectivity index (χ4n) is 2.74. The Bertz CT molecular complexity index is 1060. The van der Waals surface area contributed by atoms with Crippen molar-refractivity contribution in [1.29, 1.82) is 0 Å². The Morgan fingerprint density at radius 1 is 1.20 bits per heavy atom. The fraction of sp³-hybridized carbons (Fsp3) is 0.167. The van der Waals surface area contributed by atoms with Crippen LogP contribution in [0.4, 0.5) is 5.69 Å². The molecule has 0 saturated carbocycles. The van der Waals surface area contributed by atoms with Gasteiger partial charge in [-0.05, 0) is 36.8 Å². The van der Waals surface area contributed by atoms with Crippen LogP contribution in [0.1, 0.15) is 19.4 Å². The summed E-state index contributed by atoms with van der Waals surface area (Å²) in [7, 11) is 0. The number of fused-ring (bicyclic) bond motifs is 1. The van der Waals surface area contributed by atoms with Gasteiger partial charge < -0.3 is 10.3 Å². The molecular weight excluding hydrogens is 386 g/mol. The van der Waals surface area contributed by atoms with E-state index in [2.05, 4.69) is 26.2 Å². The lowest BCUT2D eigenvalue weighted by Crippen LogP contribution is -2.42. The van der Waals surface area contributed by atoms with Crippen LogP contribution < -0.4 is 16.6 Å². The Morgan fingerprint density at radius 3 is 2.68 bits per heavy atom. The number of amides is 1. The highest BCUT2D eigenvalue weighted by Crippen LogP contribution is 2.18. The predicted molar refractivity (Wildman–Crippen MR) is 101 cm³/mol. The van der Waals surface area contributed by atoms with E-state index in [1.54, 1.807) is 49.4 Å². The zero-order valence-corrected chi connectivity index (χ0v) is 15.0. The maximum atomic E-state index is 12.7. The summed E-state index contributed by atoms with van der Waals surface area (Å²) >= 11 is 3.34. The van der Waals surface area contributed by atoms with Crippen molar-refractivity contribution in [2.24, 2.45) is 0 Å². The Balaban J connectivity index is 2.03. The van der Waals surface area contributed by atoms with Crippen LogP contribution in [0.25, 0.3) is 10.9 Å². The summed E-state index contributed by atoms with van der Waals surface area (Å²) in [6.07, 6.45) is 0.307. The second-order valence-electron chi connectivity index (χ2n) is 5.57. The van der Waals surface area contributed by atoms with Gasteiger partial charge in [-0.3, -0.25) is 9.59 Å². The molecule has 3 rings (SSSR count). The minimum absolute atomic E-state index is 0.307. The molecule has 1 heterocycles. The Labute approximate surface area is 151 Å². The van der Waals surface area contributed by atoms with Gasteiger partial charge in [0.2, 0.25) is 5.91 Å². The number of benzene rings is 2. The number of halogens is 1. The fourth-order valence-corrected chi connectivity index (χ4v) is 3.14. The molecule has 6 nitrogen and oxygen atoms in total. The molecule has 0 radical (unpaired) electrons. The molecule has 0 spiro atoms. The molecule has 2 N–H and O–H groups in total. The number of nitrogens with one attached hydrogen (secondary N) is 2. The number of anilines is 1. The number of carbonyl (C=O) groups is 1. The second-order valence-corrected chi connectivity index (χ2v) is 6.49. The van der Waals surface area contributed by atoms with Crippen molar-refractivity contribution in [2.75, 3.05) is 5.32 Å². The summed E-state index contributed by atoms with van der Waals surface area (Å²) in [6.45, 7) is 1.76. The molecule has 0 aliphatic rings. The third-order valence-electron chi connectivity index (χ3n) is 3.93. The number of hydrogen-bond acceptors (Lipinski definition) is 3. The molecule has 7 heteroatoms. The predicted octanol–water partition coefficient (Wildman–Crippen LogP) is 3.04. The smallest absolute Gasteiger partial charge is 0.324 e. The molecule has 0 aliphatic carbocycles. The largest absolute Gasteiger partial charge is 0.329 e. The van der Waals surface area contributed by atoms with Crippen LogP contribution in [0.15, 0.2) is 62.6 Å². The van der Waals surface area contributed by atoms with Crippen molar-refractivity contribution in [3.05, 3.63) is 73.8 Å². The highest BCUT2D eigenvalue weighted by molar-refractivity contribution is 9.10. The number of aromatic amines is 1. The van der Waals surface area contributed by atoms with E-state index in [-0.39, 0.29) is 0 Å². The van der Waals surface area contributed by atoms with Crippen molar-refractivity contribution in [1.82, 2.24) is 9.55 Å². The average Bonchev–Trinajstić information content (AvgIpc) is 2.58. The van der Waals surface area contributed by atoms with Gasteiger partial charge in [-0.15, -0.1) is 0 Å². The molecule has 0 bridgehead atoms. The third kappa shape index (κ3) is 3.41. The van der Waals surface area contributed by atoms with Gasteiger partial charge in [0.1, 0.15) is 6.04 Å². The lowest BCUT2D eigenvalue weighted by Gasteiger charge is -2.17. The zero-order chi connectivity index (χ0) is 18.0. The molecule has 0 aliphatic heterocycles.